The van der Waals surface area contributed by atoms with Crippen molar-refractivity contribution in [2.45, 2.75) is 19.1 Å². The maximum absolute atomic E-state index is 12.6. The van der Waals surface area contributed by atoms with Gasteiger partial charge in [-0.1, -0.05) is 60.7 Å². The Morgan fingerprint density at radius 2 is 1.67 bits per heavy atom. The first kappa shape index (κ1) is 21.1. The van der Waals surface area contributed by atoms with Crippen LogP contribution < -0.4 is 10.6 Å². The van der Waals surface area contributed by atoms with Crippen LogP contribution in [0.25, 0.3) is 0 Å². The number of nitrogens with one attached hydrogen (secondary N) is 2. The minimum atomic E-state index is -1.49. The third-order valence-corrected chi connectivity index (χ3v) is 4.48. The van der Waals surface area contributed by atoms with Gasteiger partial charge < -0.3 is 25.2 Å². The second-order valence-corrected chi connectivity index (χ2v) is 6.48. The van der Waals surface area contributed by atoms with E-state index in [9.17, 15) is 19.5 Å². The Labute approximate surface area is 173 Å². The van der Waals surface area contributed by atoms with Gasteiger partial charge in [0, 0.05) is 0 Å². The monoisotopic (exact) mass is 410 g/mol. The summed E-state index contributed by atoms with van der Waals surface area (Å²) in [5.41, 5.74) is 1.27. The summed E-state index contributed by atoms with van der Waals surface area (Å²) in [4.78, 5) is 37.1. The first-order chi connectivity index (χ1) is 14.5. The van der Waals surface area contributed by atoms with Gasteiger partial charge in [0.05, 0.1) is 23.9 Å². The number of benzene rings is 2. The minimum Gasteiger partial charge on any atom is -0.463 e. The van der Waals surface area contributed by atoms with Gasteiger partial charge in [0.1, 0.15) is 6.61 Å². The number of carbonyl (C=O) groups is 3. The minimum absolute atomic E-state index is 0.0969. The first-order valence-electron chi connectivity index (χ1n) is 9.43. The van der Waals surface area contributed by atoms with E-state index >= 15 is 0 Å². The molecule has 0 radical (unpaired) electrons. The van der Waals surface area contributed by atoms with Crippen LogP contribution >= 0.6 is 0 Å². The second kappa shape index (κ2) is 9.71. The van der Waals surface area contributed by atoms with Crippen molar-refractivity contribution in [2.24, 2.45) is 0 Å². The number of hydrogen-bond acceptors (Lipinski definition) is 6. The number of amides is 2. The summed E-state index contributed by atoms with van der Waals surface area (Å²) < 4.78 is 10.3. The van der Waals surface area contributed by atoms with Gasteiger partial charge in [-0.25, -0.2) is 14.4 Å². The van der Waals surface area contributed by atoms with E-state index < -0.39 is 36.7 Å². The topological polar surface area (TPSA) is 114 Å². The smallest absolute Gasteiger partial charge is 0.340 e. The van der Waals surface area contributed by atoms with E-state index in [1.807, 2.05) is 6.07 Å². The van der Waals surface area contributed by atoms with Gasteiger partial charge in [-0.15, -0.1) is 0 Å². The van der Waals surface area contributed by atoms with Crippen LogP contribution in [0.2, 0.25) is 0 Å². The van der Waals surface area contributed by atoms with Crippen molar-refractivity contribution >= 4 is 18.0 Å². The number of urea groups is 1. The normalized spacial score (nSPS) is 16.9. The third kappa shape index (κ3) is 4.84. The molecule has 2 aromatic carbocycles. The summed E-state index contributed by atoms with van der Waals surface area (Å²) in [5.74, 6) is -1.55. The van der Waals surface area contributed by atoms with E-state index in [2.05, 4.69) is 10.6 Å². The molecule has 0 saturated carbocycles. The molecule has 2 aromatic rings. The molecule has 0 aliphatic carbocycles. The Morgan fingerprint density at radius 3 is 2.30 bits per heavy atom. The number of hydrogen-bond donors (Lipinski definition) is 3. The van der Waals surface area contributed by atoms with E-state index in [1.54, 1.807) is 61.5 Å². The van der Waals surface area contributed by atoms with Crippen LogP contribution in [0.4, 0.5) is 4.79 Å². The zero-order valence-electron chi connectivity index (χ0n) is 16.3. The molecule has 1 heterocycles. The Hall–Kier alpha value is -3.65. The fraction of sp³-hybridized carbons (Fsp3) is 0.227. The van der Waals surface area contributed by atoms with E-state index in [4.69, 9.17) is 9.47 Å². The molecule has 1 aliphatic rings. The van der Waals surface area contributed by atoms with E-state index in [-0.39, 0.29) is 17.9 Å². The van der Waals surface area contributed by atoms with Gasteiger partial charge >= 0.3 is 18.0 Å². The predicted molar refractivity (Wildman–Crippen MR) is 107 cm³/mol. The lowest BCUT2D eigenvalue weighted by Gasteiger charge is -2.29. The molecule has 3 N–H and O–H groups in total. The lowest BCUT2D eigenvalue weighted by molar-refractivity contribution is -0.153. The standard InChI is InChI=1S/C22H22N2O6/c1-2-29-20(26)17-16(13-30-21(27)19(25)15-11-7-4-8-12-15)23-22(28)24-18(17)14-9-5-3-6-10-14/h3-12,18-19,25H,2,13H2,1H3,(H2,23,24,28). The molecule has 0 bridgehead atoms. The molecule has 156 valence electrons. The zero-order valence-corrected chi connectivity index (χ0v) is 16.3. The number of aliphatic hydroxyl groups is 1. The largest absolute Gasteiger partial charge is 0.463 e. The molecule has 2 amide bonds. The van der Waals surface area contributed by atoms with Crippen molar-refractivity contribution < 1.29 is 29.0 Å². The molecule has 1 aliphatic heterocycles. The Bertz CT molecular complexity index is 943. The highest BCUT2D eigenvalue weighted by molar-refractivity contribution is 5.95. The molecule has 8 nitrogen and oxygen atoms in total. The number of rotatable bonds is 7. The number of carbonyl (C=O) groups excluding carboxylic acids is 3. The van der Waals surface area contributed by atoms with Gasteiger partial charge in [0.25, 0.3) is 0 Å². The quantitative estimate of drug-likeness (QED) is 0.603. The highest BCUT2D eigenvalue weighted by Gasteiger charge is 2.34. The molecule has 0 aromatic heterocycles. The number of esters is 2. The van der Waals surface area contributed by atoms with Crippen LogP contribution in [-0.2, 0) is 19.1 Å². The van der Waals surface area contributed by atoms with Gasteiger partial charge in [0.2, 0.25) is 0 Å². The third-order valence-electron chi connectivity index (χ3n) is 4.48. The summed E-state index contributed by atoms with van der Waals surface area (Å²) in [6.07, 6.45) is -1.49. The average molecular weight is 410 g/mol. The molecule has 2 unspecified atom stereocenters. The second-order valence-electron chi connectivity index (χ2n) is 6.48. The number of ether oxygens (including phenoxy) is 2. The van der Waals surface area contributed by atoms with Gasteiger partial charge in [-0.2, -0.15) is 0 Å². The molecular weight excluding hydrogens is 388 g/mol. The Balaban J connectivity index is 1.86. The SMILES string of the molecule is CCOC(=O)C1=C(COC(=O)C(O)c2ccccc2)NC(=O)NC1c1ccccc1. The van der Waals surface area contributed by atoms with E-state index in [0.29, 0.717) is 11.1 Å². The predicted octanol–water partition coefficient (Wildman–Crippen LogP) is 2.13. The van der Waals surface area contributed by atoms with Crippen molar-refractivity contribution in [1.29, 1.82) is 0 Å². The van der Waals surface area contributed by atoms with Gasteiger partial charge in [0.15, 0.2) is 6.10 Å². The van der Waals surface area contributed by atoms with Crippen LogP contribution in [0.3, 0.4) is 0 Å². The van der Waals surface area contributed by atoms with Crippen molar-refractivity contribution in [3.05, 3.63) is 83.1 Å². The summed E-state index contributed by atoms with van der Waals surface area (Å²) in [5, 5.41) is 15.4. The fourth-order valence-corrected chi connectivity index (χ4v) is 3.07. The molecule has 0 fully saturated rings. The van der Waals surface area contributed by atoms with Gasteiger partial charge in [-0.3, -0.25) is 0 Å². The van der Waals surface area contributed by atoms with Gasteiger partial charge in [-0.05, 0) is 18.1 Å². The number of aliphatic hydroxyl groups excluding tert-OH is 1. The maximum Gasteiger partial charge on any atom is 0.340 e. The van der Waals surface area contributed by atoms with E-state index in [0.717, 1.165) is 0 Å². The fourth-order valence-electron chi connectivity index (χ4n) is 3.07. The van der Waals surface area contributed by atoms with Crippen molar-refractivity contribution in [3.8, 4) is 0 Å². The molecule has 2 atom stereocenters. The van der Waals surface area contributed by atoms with E-state index in [1.165, 1.54) is 0 Å². The molecule has 3 rings (SSSR count). The molecule has 30 heavy (non-hydrogen) atoms. The summed E-state index contributed by atoms with van der Waals surface area (Å²) in [7, 11) is 0. The van der Waals surface area contributed by atoms with Crippen molar-refractivity contribution in [3.63, 3.8) is 0 Å². The molecule has 0 spiro atoms. The summed E-state index contributed by atoms with van der Waals surface area (Å²) in [6, 6.07) is 15.9. The van der Waals surface area contributed by atoms with Crippen molar-refractivity contribution in [2.75, 3.05) is 13.2 Å². The zero-order chi connectivity index (χ0) is 21.5. The van der Waals surface area contributed by atoms with Crippen LogP contribution in [0.15, 0.2) is 71.9 Å². The lowest BCUT2D eigenvalue weighted by atomic mass is 9.95. The average Bonchev–Trinajstić information content (AvgIpc) is 2.77. The van der Waals surface area contributed by atoms with Crippen LogP contribution in [-0.4, -0.2) is 36.3 Å². The molecule has 8 heteroatoms. The highest BCUT2D eigenvalue weighted by atomic mass is 16.5. The summed E-state index contributed by atoms with van der Waals surface area (Å²) in [6.45, 7) is 1.39. The first-order valence-corrected chi connectivity index (χ1v) is 9.43. The Morgan fingerprint density at radius 1 is 1.03 bits per heavy atom. The highest BCUT2D eigenvalue weighted by Crippen LogP contribution is 2.28. The lowest BCUT2D eigenvalue weighted by Crippen LogP contribution is -2.47. The Kier molecular flexibility index (Phi) is 6.82. The van der Waals surface area contributed by atoms with Crippen LogP contribution in [0, 0.1) is 0 Å². The maximum atomic E-state index is 12.6. The van der Waals surface area contributed by atoms with Crippen LogP contribution in [0.5, 0.6) is 0 Å². The molecular formula is C22H22N2O6. The molecule has 0 saturated heterocycles. The summed E-state index contributed by atoms with van der Waals surface area (Å²) >= 11 is 0. The van der Waals surface area contributed by atoms with Crippen molar-refractivity contribution in [1.82, 2.24) is 10.6 Å². The van der Waals surface area contributed by atoms with Crippen LogP contribution in [0.1, 0.15) is 30.2 Å².